The van der Waals surface area contributed by atoms with E-state index < -0.39 is 5.97 Å². The molecular formula is C13H16N4O4. The van der Waals surface area contributed by atoms with Crippen LogP contribution in [0.1, 0.15) is 24.3 Å². The first-order valence-electron chi connectivity index (χ1n) is 6.56. The standard InChI is InChI=1S/C13H16N4O4/c1-3-16(4-2)10(18)8-17-12(9-6-5-7-21-9)11(13(19)20)14-15-17/h5-7H,3-4,8H2,1-2H3,(H,19,20). The number of aromatic nitrogens is 3. The van der Waals surface area contributed by atoms with E-state index in [1.54, 1.807) is 17.0 Å². The molecule has 2 aromatic heterocycles. The van der Waals surface area contributed by atoms with Gasteiger partial charge in [0, 0.05) is 13.1 Å². The maximum atomic E-state index is 12.1. The van der Waals surface area contributed by atoms with Crippen molar-refractivity contribution in [2.24, 2.45) is 0 Å². The average Bonchev–Trinajstić information content (AvgIpc) is 3.08. The lowest BCUT2D eigenvalue weighted by Crippen LogP contribution is -2.33. The van der Waals surface area contributed by atoms with E-state index in [9.17, 15) is 9.59 Å². The van der Waals surface area contributed by atoms with Crippen LogP contribution in [-0.4, -0.2) is 50.0 Å². The molecule has 21 heavy (non-hydrogen) atoms. The van der Waals surface area contributed by atoms with Crippen LogP contribution in [0.5, 0.6) is 0 Å². The summed E-state index contributed by atoms with van der Waals surface area (Å²) in [6, 6.07) is 3.23. The predicted octanol–water partition coefficient (Wildman–Crippen LogP) is 1.10. The lowest BCUT2D eigenvalue weighted by Gasteiger charge is -2.18. The highest BCUT2D eigenvalue weighted by atomic mass is 16.4. The van der Waals surface area contributed by atoms with E-state index in [1.807, 2.05) is 13.8 Å². The Bertz CT molecular complexity index is 629. The van der Waals surface area contributed by atoms with Crippen molar-refractivity contribution in [1.29, 1.82) is 0 Å². The molecule has 0 atom stereocenters. The molecule has 0 spiro atoms. The summed E-state index contributed by atoms with van der Waals surface area (Å²) in [5.41, 5.74) is -0.0506. The fourth-order valence-corrected chi connectivity index (χ4v) is 2.03. The molecule has 0 saturated carbocycles. The summed E-state index contributed by atoms with van der Waals surface area (Å²) in [5.74, 6) is -1.07. The maximum absolute atomic E-state index is 12.1. The molecule has 1 N–H and O–H groups in total. The normalized spacial score (nSPS) is 10.6. The Hall–Kier alpha value is -2.64. The zero-order valence-corrected chi connectivity index (χ0v) is 11.8. The molecule has 0 unspecified atom stereocenters. The topological polar surface area (TPSA) is 101 Å². The Morgan fingerprint density at radius 1 is 1.38 bits per heavy atom. The lowest BCUT2D eigenvalue weighted by atomic mass is 10.2. The summed E-state index contributed by atoms with van der Waals surface area (Å²) < 4.78 is 6.47. The minimum Gasteiger partial charge on any atom is -0.476 e. The molecule has 0 radical (unpaired) electrons. The molecule has 0 aliphatic carbocycles. The van der Waals surface area contributed by atoms with E-state index in [4.69, 9.17) is 9.52 Å². The van der Waals surface area contributed by atoms with Crippen molar-refractivity contribution in [3.63, 3.8) is 0 Å². The lowest BCUT2D eigenvalue weighted by molar-refractivity contribution is -0.131. The molecule has 8 nitrogen and oxygen atoms in total. The highest BCUT2D eigenvalue weighted by molar-refractivity contribution is 5.92. The van der Waals surface area contributed by atoms with E-state index >= 15 is 0 Å². The van der Waals surface area contributed by atoms with Gasteiger partial charge in [-0.1, -0.05) is 5.21 Å². The second kappa shape index (κ2) is 6.21. The van der Waals surface area contributed by atoms with Crippen LogP contribution in [0, 0.1) is 0 Å². The van der Waals surface area contributed by atoms with Gasteiger partial charge in [-0.3, -0.25) is 4.79 Å². The molecule has 0 saturated heterocycles. The molecule has 2 aromatic rings. The molecule has 8 heteroatoms. The van der Waals surface area contributed by atoms with Gasteiger partial charge in [-0.25, -0.2) is 9.48 Å². The van der Waals surface area contributed by atoms with Crippen molar-refractivity contribution >= 4 is 11.9 Å². The third-order valence-electron chi connectivity index (χ3n) is 3.09. The summed E-state index contributed by atoms with van der Waals surface area (Å²) in [6.07, 6.45) is 1.42. The van der Waals surface area contributed by atoms with E-state index in [1.165, 1.54) is 10.9 Å². The zero-order chi connectivity index (χ0) is 15.4. The number of amides is 1. The van der Waals surface area contributed by atoms with Gasteiger partial charge in [-0.2, -0.15) is 0 Å². The Kier molecular flexibility index (Phi) is 4.36. The Balaban J connectivity index is 2.37. The average molecular weight is 292 g/mol. The quantitative estimate of drug-likeness (QED) is 0.855. The first-order chi connectivity index (χ1) is 10.1. The monoisotopic (exact) mass is 292 g/mol. The first-order valence-corrected chi connectivity index (χ1v) is 6.56. The highest BCUT2D eigenvalue weighted by Crippen LogP contribution is 2.22. The van der Waals surface area contributed by atoms with Gasteiger partial charge in [0.15, 0.2) is 5.76 Å². The van der Waals surface area contributed by atoms with Gasteiger partial charge in [0.25, 0.3) is 0 Å². The molecule has 2 heterocycles. The molecule has 2 rings (SSSR count). The second-order valence-electron chi connectivity index (χ2n) is 4.29. The van der Waals surface area contributed by atoms with Crippen molar-refractivity contribution in [3.8, 4) is 11.5 Å². The number of furan rings is 1. The number of carbonyl (C=O) groups excluding carboxylic acids is 1. The van der Waals surface area contributed by atoms with Crippen LogP contribution < -0.4 is 0 Å². The van der Waals surface area contributed by atoms with Crippen LogP contribution in [0.25, 0.3) is 11.5 Å². The molecule has 0 bridgehead atoms. The number of likely N-dealkylation sites (N-methyl/N-ethyl adjacent to an activating group) is 1. The van der Waals surface area contributed by atoms with Gasteiger partial charge in [0.2, 0.25) is 11.6 Å². The van der Waals surface area contributed by atoms with Crippen LogP contribution in [0.3, 0.4) is 0 Å². The van der Waals surface area contributed by atoms with Crippen molar-refractivity contribution in [3.05, 3.63) is 24.1 Å². The van der Waals surface area contributed by atoms with E-state index in [0.717, 1.165) is 0 Å². The summed E-state index contributed by atoms with van der Waals surface area (Å²) in [5, 5.41) is 16.5. The van der Waals surface area contributed by atoms with Crippen molar-refractivity contribution in [2.75, 3.05) is 13.1 Å². The summed E-state index contributed by atoms with van der Waals surface area (Å²) in [4.78, 5) is 25.0. The van der Waals surface area contributed by atoms with Gasteiger partial charge in [0.05, 0.1) is 6.26 Å². The van der Waals surface area contributed by atoms with Gasteiger partial charge in [0.1, 0.15) is 12.2 Å². The molecular weight excluding hydrogens is 276 g/mol. The van der Waals surface area contributed by atoms with E-state index in [2.05, 4.69) is 10.3 Å². The third kappa shape index (κ3) is 2.93. The fourth-order valence-electron chi connectivity index (χ4n) is 2.03. The minimum absolute atomic E-state index is 0.0853. The zero-order valence-electron chi connectivity index (χ0n) is 11.8. The van der Waals surface area contributed by atoms with Crippen molar-refractivity contribution < 1.29 is 19.1 Å². The molecule has 0 aliphatic rings. The number of rotatable bonds is 6. The SMILES string of the molecule is CCN(CC)C(=O)Cn1nnc(C(=O)O)c1-c1ccco1. The molecule has 0 aliphatic heterocycles. The highest BCUT2D eigenvalue weighted by Gasteiger charge is 2.24. The minimum atomic E-state index is -1.22. The molecule has 112 valence electrons. The van der Waals surface area contributed by atoms with E-state index in [0.29, 0.717) is 18.8 Å². The number of hydrogen-bond donors (Lipinski definition) is 1. The number of nitrogens with zero attached hydrogens (tertiary/aromatic N) is 4. The molecule has 0 aromatic carbocycles. The Morgan fingerprint density at radius 3 is 2.62 bits per heavy atom. The van der Waals surface area contributed by atoms with Crippen LogP contribution in [0.15, 0.2) is 22.8 Å². The van der Waals surface area contributed by atoms with Crippen molar-refractivity contribution in [1.82, 2.24) is 19.9 Å². The van der Waals surface area contributed by atoms with Crippen LogP contribution in [0.4, 0.5) is 0 Å². The number of aromatic carboxylic acids is 1. The smallest absolute Gasteiger partial charge is 0.358 e. The number of carboxylic acid groups (broad SMARTS) is 1. The van der Waals surface area contributed by atoms with E-state index in [-0.39, 0.29) is 23.8 Å². The maximum Gasteiger partial charge on any atom is 0.358 e. The number of carbonyl (C=O) groups is 2. The number of hydrogen-bond acceptors (Lipinski definition) is 5. The summed E-state index contributed by atoms with van der Waals surface area (Å²) in [6.45, 7) is 4.81. The molecule has 0 fully saturated rings. The Labute approximate surface area is 121 Å². The summed E-state index contributed by atoms with van der Waals surface area (Å²) in [7, 11) is 0. The molecule has 1 amide bonds. The summed E-state index contributed by atoms with van der Waals surface area (Å²) >= 11 is 0. The van der Waals surface area contributed by atoms with Crippen LogP contribution in [0.2, 0.25) is 0 Å². The third-order valence-corrected chi connectivity index (χ3v) is 3.09. The fraction of sp³-hybridized carbons (Fsp3) is 0.385. The van der Waals surface area contributed by atoms with Gasteiger partial charge in [-0.05, 0) is 26.0 Å². The van der Waals surface area contributed by atoms with Crippen molar-refractivity contribution in [2.45, 2.75) is 20.4 Å². The van der Waals surface area contributed by atoms with Crippen LogP contribution in [-0.2, 0) is 11.3 Å². The first kappa shape index (κ1) is 14.8. The predicted molar refractivity (Wildman–Crippen MR) is 72.6 cm³/mol. The van der Waals surface area contributed by atoms with Gasteiger partial charge in [-0.15, -0.1) is 5.10 Å². The second-order valence-corrected chi connectivity index (χ2v) is 4.29. The van der Waals surface area contributed by atoms with Gasteiger partial charge < -0.3 is 14.4 Å². The van der Waals surface area contributed by atoms with Gasteiger partial charge >= 0.3 is 5.97 Å². The largest absolute Gasteiger partial charge is 0.476 e. The number of carboxylic acids is 1. The Morgan fingerprint density at radius 2 is 2.10 bits per heavy atom. The van der Waals surface area contributed by atoms with Crippen LogP contribution >= 0.6 is 0 Å².